The van der Waals surface area contributed by atoms with Crippen molar-refractivity contribution in [2.75, 3.05) is 6.54 Å². The highest BCUT2D eigenvalue weighted by atomic mass is 32.1. The van der Waals surface area contributed by atoms with E-state index in [2.05, 4.69) is 12.6 Å². The Labute approximate surface area is 38.0 Å². The van der Waals surface area contributed by atoms with Gasteiger partial charge in [0.15, 0.2) is 0 Å². The van der Waals surface area contributed by atoms with Crippen molar-refractivity contribution in [2.24, 2.45) is 5.73 Å². The lowest BCUT2D eigenvalue weighted by atomic mass is 10.5. The first kappa shape index (κ1) is 5.31. The molecule has 0 amide bonds. The zero-order chi connectivity index (χ0) is 4.28. The predicted octanol–water partition coefficient (Wildman–Crippen LogP) is 0.531. The van der Waals surface area contributed by atoms with E-state index in [0.717, 1.165) is 0 Å². The molecule has 1 radical (unpaired) electrons. The van der Waals surface area contributed by atoms with Gasteiger partial charge < -0.3 is 5.73 Å². The molecule has 5 heavy (non-hydrogen) atoms. The Kier molecular flexibility index (Phi) is 2.70. The van der Waals surface area contributed by atoms with Crippen molar-refractivity contribution in [3.05, 3.63) is 0 Å². The van der Waals surface area contributed by atoms with Gasteiger partial charge in [-0.2, -0.15) is 0 Å². The number of hydrogen-bond acceptors (Lipinski definition) is 1. The molecule has 0 bridgehead atoms. The van der Waals surface area contributed by atoms with Gasteiger partial charge in [-0.25, -0.2) is 0 Å². The van der Waals surface area contributed by atoms with E-state index >= 15 is 0 Å². The van der Waals surface area contributed by atoms with Crippen LogP contribution in [0.3, 0.4) is 0 Å². The van der Waals surface area contributed by atoms with Crippen LogP contribution < -0.4 is 5.73 Å². The fourth-order valence-electron chi connectivity index (χ4n) is 0. The van der Waals surface area contributed by atoms with Crippen molar-refractivity contribution in [2.45, 2.75) is 12.2 Å². The first-order valence-corrected chi connectivity index (χ1v) is 2.10. The fraction of sp³-hybridized carbons (Fsp3) is 1.00. The summed E-state index contributed by atoms with van der Waals surface area (Å²) in [5, 5.41) is 0.245. The lowest BCUT2D eigenvalue weighted by Gasteiger charge is -1.88. The maximum absolute atomic E-state index is 5.07. The van der Waals surface area contributed by atoms with Crippen LogP contribution >= 0.6 is 12.6 Å². The van der Waals surface area contributed by atoms with Crippen molar-refractivity contribution in [1.82, 2.24) is 0 Å². The molecule has 1 atom stereocenters. The maximum Gasteiger partial charge on any atom is 0.0245 e. The van der Waals surface area contributed by atoms with Crippen LogP contribution in [0.25, 0.3) is 0 Å². The summed E-state index contributed by atoms with van der Waals surface area (Å²) in [4.78, 5) is 0. The summed E-state index contributed by atoms with van der Waals surface area (Å²) in [6.45, 7) is 2.53. The van der Waals surface area contributed by atoms with E-state index < -0.39 is 0 Å². The van der Waals surface area contributed by atoms with Crippen LogP contribution in [0, 0.1) is 0 Å². The molecule has 0 aliphatic carbocycles. The summed E-state index contributed by atoms with van der Waals surface area (Å²) in [5.41, 5.74) is 5.07. The van der Waals surface area contributed by atoms with E-state index in [1.165, 1.54) is 0 Å². The zero-order valence-corrected chi connectivity index (χ0v) is 4.09. The molecule has 0 spiro atoms. The van der Waals surface area contributed by atoms with Crippen LogP contribution in [0.4, 0.5) is 0 Å². The Balaban J connectivity index is 2.54. The molecule has 0 saturated heterocycles. The van der Waals surface area contributed by atoms with E-state index in [-0.39, 0.29) is 5.25 Å². The van der Waals surface area contributed by atoms with Gasteiger partial charge in [-0.15, -0.1) is 0 Å². The quantitative estimate of drug-likeness (QED) is 0.499. The van der Waals surface area contributed by atoms with E-state index in [1.54, 1.807) is 0 Å². The highest BCUT2D eigenvalue weighted by Crippen LogP contribution is 1.83. The predicted molar refractivity (Wildman–Crippen MR) is 26.1 cm³/mol. The van der Waals surface area contributed by atoms with Crippen molar-refractivity contribution in [1.29, 1.82) is 0 Å². The van der Waals surface area contributed by atoms with E-state index in [0.29, 0.717) is 6.54 Å². The normalized spacial score (nSPS) is 15.0. The Hall–Kier alpha value is 0.310. The molecule has 1 nitrogen and oxygen atoms in total. The summed E-state index contributed by atoms with van der Waals surface area (Å²) in [6, 6.07) is 0. The Bertz CT molecular complexity index is 20.9. The van der Waals surface area contributed by atoms with Gasteiger partial charge >= 0.3 is 0 Å². The maximum atomic E-state index is 5.07. The minimum Gasteiger partial charge on any atom is -0.329 e. The molecular formula is C3H8NS. The van der Waals surface area contributed by atoms with Gasteiger partial charge in [-0.05, 0) is 0 Å². The van der Waals surface area contributed by atoms with Gasteiger partial charge in [0.2, 0.25) is 0 Å². The first-order chi connectivity index (χ1) is 2.27. The molecule has 2 heteroatoms. The van der Waals surface area contributed by atoms with E-state index in [1.807, 2.05) is 6.92 Å². The van der Waals surface area contributed by atoms with Crippen molar-refractivity contribution >= 4 is 12.6 Å². The van der Waals surface area contributed by atoms with Crippen LogP contribution in [0.2, 0.25) is 0 Å². The molecule has 0 aromatic heterocycles. The Morgan fingerprint density at radius 2 is 2.20 bits per heavy atom. The van der Waals surface area contributed by atoms with Gasteiger partial charge in [0, 0.05) is 11.8 Å². The zero-order valence-electron chi connectivity index (χ0n) is 3.27. The summed E-state index contributed by atoms with van der Waals surface area (Å²) in [7, 11) is 0. The lowest BCUT2D eigenvalue weighted by molar-refractivity contribution is 0.959. The van der Waals surface area contributed by atoms with Crippen molar-refractivity contribution in [3.63, 3.8) is 0 Å². The topological polar surface area (TPSA) is 26.0 Å². The molecule has 0 saturated carbocycles. The molecule has 0 fully saturated rings. The van der Waals surface area contributed by atoms with Gasteiger partial charge in [-0.1, -0.05) is 19.6 Å². The highest BCUT2D eigenvalue weighted by molar-refractivity contribution is 7.80. The third-order valence-electron chi connectivity index (χ3n) is 0.332. The Morgan fingerprint density at radius 1 is 2.00 bits per heavy atom. The van der Waals surface area contributed by atoms with Crippen LogP contribution in [0.5, 0.6) is 0 Å². The summed E-state index contributed by atoms with van der Waals surface area (Å²) in [5.74, 6) is 0. The van der Waals surface area contributed by atoms with Gasteiger partial charge in [0.25, 0.3) is 0 Å². The monoisotopic (exact) mass is 90.0 g/mol. The van der Waals surface area contributed by atoms with Gasteiger partial charge in [0.1, 0.15) is 0 Å². The van der Waals surface area contributed by atoms with Crippen LogP contribution in [-0.2, 0) is 0 Å². The second-order valence-corrected chi connectivity index (χ2v) is 1.85. The largest absolute Gasteiger partial charge is 0.329 e. The number of rotatable bonds is 1. The van der Waals surface area contributed by atoms with Crippen molar-refractivity contribution in [3.8, 4) is 0 Å². The molecular weight excluding hydrogens is 82.1 g/mol. The van der Waals surface area contributed by atoms with Crippen LogP contribution in [0.1, 0.15) is 6.92 Å². The van der Waals surface area contributed by atoms with E-state index in [9.17, 15) is 0 Å². The second kappa shape index (κ2) is 2.54. The first-order valence-electron chi connectivity index (χ1n) is 1.63. The smallest absolute Gasteiger partial charge is 0.0245 e. The van der Waals surface area contributed by atoms with Gasteiger partial charge in [-0.3, -0.25) is 0 Å². The molecule has 0 aromatic carbocycles. The van der Waals surface area contributed by atoms with Gasteiger partial charge in [0.05, 0.1) is 0 Å². The third kappa shape index (κ3) is 4.31. The van der Waals surface area contributed by atoms with Crippen molar-refractivity contribution < 1.29 is 0 Å². The minimum absolute atomic E-state index is 0.245. The average molecular weight is 90.2 g/mol. The SMILES string of the molecule is CC([S])CN. The molecule has 0 rings (SSSR count). The van der Waals surface area contributed by atoms with E-state index in [4.69, 9.17) is 5.73 Å². The Morgan fingerprint density at radius 3 is 2.20 bits per heavy atom. The third-order valence-corrected chi connectivity index (χ3v) is 0.524. The van der Waals surface area contributed by atoms with Crippen LogP contribution in [0.15, 0.2) is 0 Å². The average Bonchev–Trinajstić information content (AvgIpc) is 1.38. The molecule has 2 N–H and O–H groups in total. The molecule has 1 unspecified atom stereocenters. The molecule has 31 valence electrons. The lowest BCUT2D eigenvalue weighted by Crippen LogP contribution is -2.08. The molecule has 0 heterocycles. The molecule has 0 aliphatic heterocycles. The number of nitrogens with two attached hydrogens (primary N) is 1. The second-order valence-electron chi connectivity index (χ2n) is 1.05. The summed E-state index contributed by atoms with van der Waals surface area (Å²) in [6.07, 6.45) is 0. The fourth-order valence-corrected chi connectivity index (χ4v) is 0. The minimum atomic E-state index is 0.245. The molecule has 0 aromatic rings. The highest BCUT2D eigenvalue weighted by Gasteiger charge is 1.82. The summed E-state index contributed by atoms with van der Waals surface area (Å²) < 4.78 is 0. The number of hydrogen-bond donors (Lipinski definition) is 1. The standard InChI is InChI=1S/C3H8NS/c1-3(5)2-4/h3H,2,4H2,1H3. The van der Waals surface area contributed by atoms with Crippen LogP contribution in [-0.4, -0.2) is 11.8 Å². The molecule has 0 aliphatic rings. The summed E-state index contributed by atoms with van der Waals surface area (Å²) >= 11 is 4.66.